The molecule has 152 valence electrons. The number of halogens is 1. The molecule has 1 saturated heterocycles. The van der Waals surface area contributed by atoms with Gasteiger partial charge in [-0.25, -0.2) is 4.39 Å². The quantitative estimate of drug-likeness (QED) is 0.790. The molecule has 0 bridgehead atoms. The van der Waals surface area contributed by atoms with Crippen LogP contribution in [0.1, 0.15) is 36.9 Å². The van der Waals surface area contributed by atoms with E-state index in [1.54, 1.807) is 12.1 Å². The second-order valence-electron chi connectivity index (χ2n) is 7.82. The van der Waals surface area contributed by atoms with Crippen LogP contribution < -0.4 is 5.32 Å². The Kier molecular flexibility index (Phi) is 6.80. The van der Waals surface area contributed by atoms with Gasteiger partial charge in [0.2, 0.25) is 5.91 Å². The minimum absolute atomic E-state index is 0.00333. The Bertz CT molecular complexity index is 767. The monoisotopic (exact) mass is 388 g/mol. The van der Waals surface area contributed by atoms with Crippen molar-refractivity contribution in [1.82, 2.24) is 20.3 Å². The number of carbonyl (C=O) groups excluding carboxylic acids is 1. The highest BCUT2D eigenvalue weighted by Crippen LogP contribution is 2.22. The Morgan fingerprint density at radius 3 is 2.39 bits per heavy atom. The van der Waals surface area contributed by atoms with Gasteiger partial charge in [-0.3, -0.25) is 14.6 Å². The summed E-state index contributed by atoms with van der Waals surface area (Å²) in [5.41, 5.74) is 1.88. The molecule has 0 spiro atoms. The molecule has 1 atom stereocenters. The van der Waals surface area contributed by atoms with Crippen LogP contribution in [-0.4, -0.2) is 53.6 Å². The minimum Gasteiger partial charge on any atom is -0.361 e. The van der Waals surface area contributed by atoms with Crippen LogP contribution in [0.2, 0.25) is 0 Å². The van der Waals surface area contributed by atoms with Crippen molar-refractivity contribution in [3.63, 3.8) is 0 Å². The predicted molar refractivity (Wildman–Crippen MR) is 105 cm³/mol. The predicted octanol–water partition coefficient (Wildman–Crippen LogP) is 2.75. The van der Waals surface area contributed by atoms with Crippen molar-refractivity contribution in [2.45, 2.75) is 33.4 Å². The largest absolute Gasteiger partial charge is 0.361 e. The SMILES string of the molecule is Cc1cc(CN2CCN(CC(=O)NC(c3ccc(F)cc3)C(C)C)CC2)no1. The average molecular weight is 388 g/mol. The van der Waals surface area contributed by atoms with Gasteiger partial charge in [0.25, 0.3) is 0 Å². The Hall–Kier alpha value is -2.25. The van der Waals surface area contributed by atoms with E-state index in [0.717, 1.165) is 49.7 Å². The van der Waals surface area contributed by atoms with Crippen molar-refractivity contribution in [1.29, 1.82) is 0 Å². The number of rotatable bonds is 7. The molecule has 2 heterocycles. The summed E-state index contributed by atoms with van der Waals surface area (Å²) in [7, 11) is 0. The highest BCUT2D eigenvalue weighted by molar-refractivity contribution is 5.78. The number of nitrogens with zero attached hydrogens (tertiary/aromatic N) is 3. The number of hydrogen-bond acceptors (Lipinski definition) is 5. The van der Waals surface area contributed by atoms with E-state index in [4.69, 9.17) is 4.52 Å². The van der Waals surface area contributed by atoms with Gasteiger partial charge in [-0.1, -0.05) is 31.1 Å². The van der Waals surface area contributed by atoms with E-state index < -0.39 is 0 Å². The summed E-state index contributed by atoms with van der Waals surface area (Å²) in [5, 5.41) is 7.16. The molecule has 6 nitrogen and oxygen atoms in total. The van der Waals surface area contributed by atoms with Gasteiger partial charge in [-0.2, -0.15) is 0 Å². The molecule has 0 radical (unpaired) electrons. The Morgan fingerprint density at radius 1 is 1.18 bits per heavy atom. The number of hydrogen-bond donors (Lipinski definition) is 1. The number of nitrogens with one attached hydrogen (secondary N) is 1. The standard InChI is InChI=1S/C21H29FN4O2/c1-15(2)21(17-4-6-18(22)7-5-17)23-20(27)14-26-10-8-25(9-11-26)13-19-12-16(3)28-24-19/h4-7,12,15,21H,8-11,13-14H2,1-3H3,(H,23,27). The van der Waals surface area contributed by atoms with E-state index in [-0.39, 0.29) is 23.7 Å². The van der Waals surface area contributed by atoms with Crippen molar-refractivity contribution >= 4 is 5.91 Å². The van der Waals surface area contributed by atoms with Crippen LogP contribution in [0.5, 0.6) is 0 Å². The number of amides is 1. The summed E-state index contributed by atoms with van der Waals surface area (Å²) in [6.07, 6.45) is 0. The summed E-state index contributed by atoms with van der Waals surface area (Å²) in [5.74, 6) is 0.781. The van der Waals surface area contributed by atoms with E-state index in [1.165, 1.54) is 12.1 Å². The van der Waals surface area contributed by atoms with Crippen molar-refractivity contribution in [2.24, 2.45) is 5.92 Å². The third-order valence-corrected chi connectivity index (χ3v) is 5.11. The Balaban J connectivity index is 1.47. The average Bonchev–Trinajstić information content (AvgIpc) is 3.07. The molecular formula is C21H29FN4O2. The van der Waals surface area contributed by atoms with E-state index in [0.29, 0.717) is 6.54 Å². The molecule has 1 amide bonds. The number of aryl methyl sites for hydroxylation is 1. The smallest absolute Gasteiger partial charge is 0.234 e. The van der Waals surface area contributed by atoms with Crippen molar-refractivity contribution < 1.29 is 13.7 Å². The fourth-order valence-corrected chi connectivity index (χ4v) is 3.55. The van der Waals surface area contributed by atoms with E-state index in [2.05, 4.69) is 34.1 Å². The van der Waals surface area contributed by atoms with Crippen LogP contribution in [0, 0.1) is 18.7 Å². The van der Waals surface area contributed by atoms with Crippen molar-refractivity contribution in [2.75, 3.05) is 32.7 Å². The van der Waals surface area contributed by atoms with Crippen molar-refractivity contribution in [3.8, 4) is 0 Å². The summed E-state index contributed by atoms with van der Waals surface area (Å²) in [4.78, 5) is 17.1. The molecule has 1 aliphatic rings. The van der Waals surface area contributed by atoms with Crippen molar-refractivity contribution in [3.05, 3.63) is 53.2 Å². The maximum absolute atomic E-state index is 13.2. The van der Waals surface area contributed by atoms with Gasteiger partial charge < -0.3 is 9.84 Å². The molecule has 1 aliphatic heterocycles. The van der Waals surface area contributed by atoms with Gasteiger partial charge >= 0.3 is 0 Å². The van der Waals surface area contributed by atoms with E-state index in [1.807, 2.05) is 13.0 Å². The van der Waals surface area contributed by atoms with E-state index >= 15 is 0 Å². The molecule has 1 N–H and O–H groups in total. The number of benzene rings is 1. The van der Waals surface area contributed by atoms with Crippen LogP contribution >= 0.6 is 0 Å². The Morgan fingerprint density at radius 2 is 1.82 bits per heavy atom. The number of carbonyl (C=O) groups is 1. The van der Waals surface area contributed by atoms with Gasteiger partial charge in [0.1, 0.15) is 11.6 Å². The summed E-state index contributed by atoms with van der Waals surface area (Å²) in [6.45, 7) is 10.6. The molecule has 2 aromatic rings. The van der Waals surface area contributed by atoms with Crippen LogP contribution in [0.15, 0.2) is 34.9 Å². The summed E-state index contributed by atoms with van der Waals surface area (Å²) in [6, 6.07) is 8.19. The third kappa shape index (κ3) is 5.62. The van der Waals surface area contributed by atoms with E-state index in [9.17, 15) is 9.18 Å². The fourth-order valence-electron chi connectivity index (χ4n) is 3.55. The normalized spacial score (nSPS) is 17.0. The minimum atomic E-state index is -0.267. The zero-order chi connectivity index (χ0) is 20.1. The fraction of sp³-hybridized carbons (Fsp3) is 0.524. The van der Waals surface area contributed by atoms with Gasteiger partial charge in [-0.15, -0.1) is 0 Å². The second-order valence-corrected chi connectivity index (χ2v) is 7.82. The maximum Gasteiger partial charge on any atom is 0.234 e. The molecule has 28 heavy (non-hydrogen) atoms. The van der Waals surface area contributed by atoms with Gasteiger partial charge in [0.15, 0.2) is 0 Å². The lowest BCUT2D eigenvalue weighted by atomic mass is 9.96. The molecule has 1 aromatic heterocycles. The first-order valence-corrected chi connectivity index (χ1v) is 9.82. The van der Waals surface area contributed by atoms with Gasteiger partial charge in [0.05, 0.1) is 18.3 Å². The van der Waals surface area contributed by atoms with Gasteiger partial charge in [-0.05, 0) is 30.5 Å². The number of piperazine rings is 1. The lowest BCUT2D eigenvalue weighted by Crippen LogP contribution is -2.49. The summed E-state index contributed by atoms with van der Waals surface area (Å²) < 4.78 is 18.3. The molecule has 1 aromatic carbocycles. The topological polar surface area (TPSA) is 61.6 Å². The highest BCUT2D eigenvalue weighted by Gasteiger charge is 2.23. The lowest BCUT2D eigenvalue weighted by molar-refractivity contribution is -0.123. The van der Waals surface area contributed by atoms with Crippen LogP contribution in [0.25, 0.3) is 0 Å². The van der Waals surface area contributed by atoms with Crippen LogP contribution in [0.3, 0.4) is 0 Å². The lowest BCUT2D eigenvalue weighted by Gasteiger charge is -2.34. The molecule has 0 aliphatic carbocycles. The first-order chi connectivity index (χ1) is 13.4. The molecule has 1 fully saturated rings. The van der Waals surface area contributed by atoms with Crippen LogP contribution in [-0.2, 0) is 11.3 Å². The molecular weight excluding hydrogens is 359 g/mol. The molecule has 3 rings (SSSR count). The maximum atomic E-state index is 13.2. The Labute approximate surface area is 165 Å². The molecule has 7 heteroatoms. The zero-order valence-electron chi connectivity index (χ0n) is 16.8. The summed E-state index contributed by atoms with van der Waals surface area (Å²) >= 11 is 0. The van der Waals surface area contributed by atoms with Crippen LogP contribution in [0.4, 0.5) is 4.39 Å². The third-order valence-electron chi connectivity index (χ3n) is 5.11. The molecule has 0 saturated carbocycles. The first-order valence-electron chi connectivity index (χ1n) is 9.82. The highest BCUT2D eigenvalue weighted by atomic mass is 19.1. The zero-order valence-corrected chi connectivity index (χ0v) is 16.8. The molecule has 1 unspecified atom stereocenters. The van der Waals surface area contributed by atoms with Gasteiger partial charge in [0, 0.05) is 38.8 Å². The first kappa shape index (κ1) is 20.5. The second kappa shape index (κ2) is 9.30. The number of aromatic nitrogens is 1.